The molecule has 6 nitrogen and oxygen atoms in total. The minimum atomic E-state index is -0.390. The number of carbonyl (C=O) groups is 1. The fraction of sp³-hybridized carbons (Fsp3) is 0.276. The lowest BCUT2D eigenvalue weighted by Gasteiger charge is -2.23. The smallest absolute Gasteiger partial charge is 0.243 e. The number of aromatic nitrogens is 2. The molecule has 6 rings (SSSR count). The Bertz CT molecular complexity index is 1500. The van der Waals surface area contributed by atoms with Gasteiger partial charge in [-0.05, 0) is 79.1 Å². The molecule has 2 aromatic heterocycles. The molecule has 0 spiro atoms. The number of hydrogen-bond acceptors (Lipinski definition) is 6. The van der Waals surface area contributed by atoms with E-state index in [-0.39, 0.29) is 23.9 Å². The molecule has 1 saturated carbocycles. The summed E-state index contributed by atoms with van der Waals surface area (Å²) in [5, 5.41) is 18.7. The zero-order chi connectivity index (χ0) is 25.4. The number of rotatable bonds is 6. The highest BCUT2D eigenvalue weighted by Gasteiger charge is 2.31. The zero-order valence-corrected chi connectivity index (χ0v) is 21.1. The predicted molar refractivity (Wildman–Crippen MR) is 144 cm³/mol. The van der Waals surface area contributed by atoms with Gasteiger partial charge < -0.3 is 15.4 Å². The Morgan fingerprint density at radius 1 is 1.14 bits per heavy atom. The van der Waals surface area contributed by atoms with Crippen molar-refractivity contribution in [2.45, 2.75) is 44.4 Å². The van der Waals surface area contributed by atoms with E-state index in [0.29, 0.717) is 17.0 Å². The molecule has 2 N–H and O–H groups in total. The minimum absolute atomic E-state index is 0.156. The van der Waals surface area contributed by atoms with Crippen molar-refractivity contribution in [3.8, 4) is 28.3 Å². The number of fused-ring (bicyclic) bond motifs is 2. The summed E-state index contributed by atoms with van der Waals surface area (Å²) in [6.45, 7) is 5.39. The predicted octanol–water partition coefficient (Wildman–Crippen LogP) is 5.41. The second-order valence-corrected chi connectivity index (χ2v) is 10.4. The van der Waals surface area contributed by atoms with Crippen LogP contribution in [0, 0.1) is 5.82 Å². The van der Waals surface area contributed by atoms with Crippen molar-refractivity contribution in [3.63, 3.8) is 0 Å². The zero-order valence-electron chi connectivity index (χ0n) is 20.3. The van der Waals surface area contributed by atoms with Gasteiger partial charge in [-0.3, -0.25) is 4.79 Å². The van der Waals surface area contributed by atoms with E-state index in [1.165, 1.54) is 29.3 Å². The molecule has 2 aromatic carbocycles. The van der Waals surface area contributed by atoms with Crippen molar-refractivity contribution in [1.82, 2.24) is 20.8 Å². The van der Waals surface area contributed by atoms with Gasteiger partial charge in [0.15, 0.2) is 0 Å². The average Bonchev–Trinajstić information content (AvgIpc) is 3.58. The lowest BCUT2D eigenvalue weighted by atomic mass is 9.96. The monoisotopic (exact) mass is 514 g/mol. The van der Waals surface area contributed by atoms with Crippen LogP contribution in [0.15, 0.2) is 60.5 Å². The molecule has 0 radical (unpaired) electrons. The number of carbonyl (C=O) groups excluding carboxylic acids is 1. The molecule has 1 fully saturated rings. The van der Waals surface area contributed by atoms with Crippen molar-refractivity contribution < 1.29 is 13.9 Å². The molecule has 0 saturated heterocycles. The highest BCUT2D eigenvalue weighted by Crippen LogP contribution is 2.40. The van der Waals surface area contributed by atoms with Crippen LogP contribution in [0.4, 0.5) is 4.39 Å². The van der Waals surface area contributed by atoms with Gasteiger partial charge in [0.1, 0.15) is 29.1 Å². The number of amides is 1. The molecule has 1 aliphatic carbocycles. The Balaban J connectivity index is 1.38. The normalized spacial score (nSPS) is 18.9. The number of thiophene rings is 1. The molecule has 1 aliphatic heterocycles. The lowest BCUT2D eigenvalue weighted by Crippen LogP contribution is -2.41. The van der Waals surface area contributed by atoms with Gasteiger partial charge in [-0.2, -0.15) is 0 Å². The van der Waals surface area contributed by atoms with Crippen LogP contribution in [0.25, 0.3) is 32.6 Å². The summed E-state index contributed by atoms with van der Waals surface area (Å²) in [6, 6.07) is 12.9. The molecule has 4 aromatic rings. The van der Waals surface area contributed by atoms with E-state index in [2.05, 4.69) is 51.7 Å². The number of nitrogens with zero attached hydrogens (tertiary/aromatic N) is 2. The average molecular weight is 515 g/mol. The van der Waals surface area contributed by atoms with Crippen molar-refractivity contribution >= 4 is 27.3 Å². The van der Waals surface area contributed by atoms with Gasteiger partial charge in [0.05, 0.1) is 10.7 Å². The molecule has 2 atom stereocenters. The van der Waals surface area contributed by atoms with Gasteiger partial charge in [-0.1, -0.05) is 18.7 Å². The third-order valence-corrected chi connectivity index (χ3v) is 8.12. The highest BCUT2D eigenvalue weighted by molar-refractivity contribution is 7.17. The molecule has 37 heavy (non-hydrogen) atoms. The standard InChI is InChI=1S/C29H27FN4O2S/c1-2-26(35)32-23-4-3-5-24(23)36-25-15-20(30)8-9-21(25)28-29-22(11-13-37-29)27(33-34-28)18-6-7-19-16-31-12-10-17(19)14-18/h2,6-9,11,13-15,23-24,31H,1,3-5,10,12,16H2,(H,32,35). The van der Waals surface area contributed by atoms with Gasteiger partial charge in [0, 0.05) is 29.1 Å². The third kappa shape index (κ3) is 4.63. The second kappa shape index (κ2) is 10.0. The number of halogens is 1. The van der Waals surface area contributed by atoms with Crippen molar-refractivity contribution in [2.75, 3.05) is 6.54 Å². The van der Waals surface area contributed by atoms with E-state index in [1.54, 1.807) is 17.4 Å². The van der Waals surface area contributed by atoms with Crippen LogP contribution in [-0.4, -0.2) is 34.8 Å². The Kier molecular flexibility index (Phi) is 6.44. The summed E-state index contributed by atoms with van der Waals surface area (Å²) < 4.78 is 21.7. The van der Waals surface area contributed by atoms with Crippen molar-refractivity contribution in [1.29, 1.82) is 0 Å². The number of ether oxygens (including phenoxy) is 1. The van der Waals surface area contributed by atoms with Crippen molar-refractivity contribution in [2.24, 2.45) is 0 Å². The summed E-state index contributed by atoms with van der Waals surface area (Å²) in [5.74, 6) is -0.220. The summed E-state index contributed by atoms with van der Waals surface area (Å²) in [7, 11) is 0. The van der Waals surface area contributed by atoms with E-state index in [4.69, 9.17) is 4.74 Å². The Morgan fingerprint density at radius 2 is 2.03 bits per heavy atom. The molecule has 188 valence electrons. The maximum Gasteiger partial charge on any atom is 0.243 e. The van der Waals surface area contributed by atoms with Crippen LogP contribution in [-0.2, 0) is 17.8 Å². The second-order valence-electron chi connectivity index (χ2n) is 9.52. The molecule has 2 aliphatic rings. The van der Waals surface area contributed by atoms with Crippen molar-refractivity contribution in [3.05, 3.63) is 77.4 Å². The first-order valence-corrected chi connectivity index (χ1v) is 13.4. The maximum absolute atomic E-state index is 14.4. The van der Waals surface area contributed by atoms with Gasteiger partial charge >= 0.3 is 0 Å². The maximum atomic E-state index is 14.4. The Morgan fingerprint density at radius 3 is 2.92 bits per heavy atom. The first-order valence-electron chi connectivity index (χ1n) is 12.6. The molecule has 2 unspecified atom stereocenters. The summed E-state index contributed by atoms with van der Waals surface area (Å²) in [6.07, 6.45) is 4.47. The van der Waals surface area contributed by atoms with Crippen LogP contribution in [0.2, 0.25) is 0 Å². The first kappa shape index (κ1) is 23.8. The fourth-order valence-electron chi connectivity index (χ4n) is 5.32. The lowest BCUT2D eigenvalue weighted by molar-refractivity contribution is -0.117. The van der Waals surface area contributed by atoms with E-state index in [1.807, 2.05) is 5.38 Å². The number of benzene rings is 2. The first-order chi connectivity index (χ1) is 18.1. The van der Waals surface area contributed by atoms with Gasteiger partial charge in [0.25, 0.3) is 0 Å². The number of nitrogens with one attached hydrogen (secondary N) is 2. The SMILES string of the molecule is C=CC(=O)NC1CCCC1Oc1cc(F)ccc1-c1nnc(-c2ccc3c(c2)CCNC3)c2ccsc12. The van der Waals surface area contributed by atoms with Crippen LogP contribution in [0.3, 0.4) is 0 Å². The molecule has 0 bridgehead atoms. The molecule has 3 heterocycles. The van der Waals surface area contributed by atoms with Crippen LogP contribution >= 0.6 is 11.3 Å². The summed E-state index contributed by atoms with van der Waals surface area (Å²) in [5.41, 5.74) is 5.90. The van der Waals surface area contributed by atoms with Crippen LogP contribution in [0.1, 0.15) is 30.4 Å². The minimum Gasteiger partial charge on any atom is -0.487 e. The van der Waals surface area contributed by atoms with E-state index in [0.717, 1.165) is 60.1 Å². The van der Waals surface area contributed by atoms with Crippen LogP contribution in [0.5, 0.6) is 5.75 Å². The summed E-state index contributed by atoms with van der Waals surface area (Å²) in [4.78, 5) is 11.9. The number of hydrogen-bond donors (Lipinski definition) is 2. The van der Waals surface area contributed by atoms with E-state index < -0.39 is 0 Å². The van der Waals surface area contributed by atoms with Gasteiger partial charge in [0.2, 0.25) is 5.91 Å². The fourth-order valence-corrected chi connectivity index (χ4v) is 6.21. The quantitative estimate of drug-likeness (QED) is 0.337. The van der Waals surface area contributed by atoms with E-state index >= 15 is 0 Å². The topological polar surface area (TPSA) is 76.1 Å². The van der Waals surface area contributed by atoms with Gasteiger partial charge in [-0.15, -0.1) is 21.5 Å². The Labute approximate surface area is 218 Å². The molecule has 8 heteroatoms. The highest BCUT2D eigenvalue weighted by atomic mass is 32.1. The summed E-state index contributed by atoms with van der Waals surface area (Å²) >= 11 is 1.58. The van der Waals surface area contributed by atoms with Gasteiger partial charge in [-0.25, -0.2) is 4.39 Å². The molecule has 1 amide bonds. The molecular weight excluding hydrogens is 487 g/mol. The Hall–Kier alpha value is -3.62. The van der Waals surface area contributed by atoms with Crippen LogP contribution < -0.4 is 15.4 Å². The van der Waals surface area contributed by atoms with E-state index in [9.17, 15) is 9.18 Å². The third-order valence-electron chi connectivity index (χ3n) is 7.19. The molecular formula is C29H27FN4O2S. The largest absolute Gasteiger partial charge is 0.487 e.